The highest BCUT2D eigenvalue weighted by Crippen LogP contribution is 2.25. The quantitative estimate of drug-likeness (QED) is 0.268. The molecule has 2 heterocycles. The van der Waals surface area contributed by atoms with Crippen LogP contribution in [0, 0.1) is 0 Å². The fourth-order valence-electron chi connectivity index (χ4n) is 2.25. The summed E-state index contributed by atoms with van der Waals surface area (Å²) in [6, 6.07) is 0. The zero-order valence-corrected chi connectivity index (χ0v) is 11.0. The second kappa shape index (κ2) is 6.79. The molecule has 0 aromatic heterocycles. The third kappa shape index (κ3) is 3.35. The van der Waals surface area contributed by atoms with E-state index >= 15 is 0 Å². The highest BCUT2D eigenvalue weighted by molar-refractivity contribution is 4.91. The lowest BCUT2D eigenvalue weighted by molar-refractivity contribution is -0.340. The minimum Gasteiger partial charge on any atom is -0.394 e. The van der Waals surface area contributed by atoms with E-state index in [9.17, 15) is 30.6 Å². The standard InChI is InChI=1S/C11H20O10/c12-1-3-5(13)7(15)9(17)11(20-3)21-4-2-19-10(18)8(16)6(4)14/h3-18H,1-2H2/t3-,4-,5-,6+,7+,8-,9-,10+,11-/m1/s1. The van der Waals surface area contributed by atoms with Crippen LogP contribution in [0.4, 0.5) is 0 Å². The van der Waals surface area contributed by atoms with E-state index in [1.54, 1.807) is 0 Å². The predicted octanol–water partition coefficient (Wildman–Crippen LogP) is -4.76. The van der Waals surface area contributed by atoms with Crippen LogP contribution < -0.4 is 0 Å². The van der Waals surface area contributed by atoms with E-state index in [4.69, 9.17) is 19.3 Å². The predicted molar refractivity (Wildman–Crippen MR) is 62.6 cm³/mol. The summed E-state index contributed by atoms with van der Waals surface area (Å²) >= 11 is 0. The highest BCUT2D eigenvalue weighted by Gasteiger charge is 2.47. The Morgan fingerprint density at radius 1 is 0.857 bits per heavy atom. The first-order chi connectivity index (χ1) is 9.86. The lowest BCUT2D eigenvalue weighted by atomic mass is 9.99. The van der Waals surface area contributed by atoms with Crippen LogP contribution in [0.25, 0.3) is 0 Å². The Kier molecular flexibility index (Phi) is 5.48. The van der Waals surface area contributed by atoms with Crippen LogP contribution in [0.3, 0.4) is 0 Å². The van der Waals surface area contributed by atoms with Crippen LogP contribution in [-0.2, 0) is 14.2 Å². The topological polar surface area (TPSA) is 169 Å². The third-order valence-corrected chi connectivity index (χ3v) is 3.61. The Balaban J connectivity index is 2.01. The average molecular weight is 312 g/mol. The molecule has 10 nitrogen and oxygen atoms in total. The molecule has 7 N–H and O–H groups in total. The van der Waals surface area contributed by atoms with Gasteiger partial charge in [0, 0.05) is 0 Å². The number of aliphatic hydroxyl groups excluding tert-OH is 7. The molecule has 0 aliphatic carbocycles. The van der Waals surface area contributed by atoms with E-state index in [-0.39, 0.29) is 6.61 Å². The number of aliphatic hydroxyl groups is 7. The van der Waals surface area contributed by atoms with Gasteiger partial charge in [-0.25, -0.2) is 0 Å². The fourth-order valence-corrected chi connectivity index (χ4v) is 2.25. The molecule has 2 fully saturated rings. The van der Waals surface area contributed by atoms with Crippen LogP contribution in [0.1, 0.15) is 0 Å². The first-order valence-corrected chi connectivity index (χ1v) is 6.48. The summed E-state index contributed by atoms with van der Waals surface area (Å²) in [4.78, 5) is 0. The molecule has 124 valence electrons. The maximum atomic E-state index is 9.78. The zero-order valence-electron chi connectivity index (χ0n) is 11.0. The van der Waals surface area contributed by atoms with Gasteiger partial charge < -0.3 is 50.0 Å². The lowest BCUT2D eigenvalue weighted by Crippen LogP contribution is -2.62. The first-order valence-electron chi connectivity index (χ1n) is 6.48. The van der Waals surface area contributed by atoms with Crippen molar-refractivity contribution in [2.45, 2.75) is 55.3 Å². The molecule has 0 saturated carbocycles. The van der Waals surface area contributed by atoms with Crippen molar-refractivity contribution in [3.05, 3.63) is 0 Å². The van der Waals surface area contributed by atoms with Crippen LogP contribution in [0.15, 0.2) is 0 Å². The highest BCUT2D eigenvalue weighted by atomic mass is 16.7. The normalized spacial score (nSPS) is 51.9. The minimum absolute atomic E-state index is 0.283. The summed E-state index contributed by atoms with van der Waals surface area (Å²) in [6.45, 7) is -0.899. The van der Waals surface area contributed by atoms with Gasteiger partial charge in [0.15, 0.2) is 12.6 Å². The van der Waals surface area contributed by atoms with Gasteiger partial charge in [-0.2, -0.15) is 0 Å². The van der Waals surface area contributed by atoms with Crippen LogP contribution in [0.2, 0.25) is 0 Å². The Labute approximate surface area is 119 Å². The van der Waals surface area contributed by atoms with Crippen molar-refractivity contribution in [1.29, 1.82) is 0 Å². The largest absolute Gasteiger partial charge is 0.394 e. The second-order valence-corrected chi connectivity index (χ2v) is 5.08. The van der Waals surface area contributed by atoms with Crippen molar-refractivity contribution >= 4 is 0 Å². The smallest absolute Gasteiger partial charge is 0.187 e. The van der Waals surface area contributed by atoms with Crippen LogP contribution in [0.5, 0.6) is 0 Å². The summed E-state index contributed by atoms with van der Waals surface area (Å²) in [5.41, 5.74) is 0. The van der Waals surface area contributed by atoms with Crippen molar-refractivity contribution in [3.8, 4) is 0 Å². The van der Waals surface area contributed by atoms with Crippen molar-refractivity contribution < 1.29 is 50.0 Å². The maximum absolute atomic E-state index is 9.78. The van der Waals surface area contributed by atoms with E-state index in [0.717, 1.165) is 0 Å². The molecule has 9 atom stereocenters. The van der Waals surface area contributed by atoms with E-state index in [1.165, 1.54) is 0 Å². The molecule has 0 aromatic carbocycles. The summed E-state index contributed by atoms with van der Waals surface area (Å²) in [5, 5.41) is 66.5. The minimum atomic E-state index is -1.63. The molecule has 0 spiro atoms. The number of hydrogen-bond acceptors (Lipinski definition) is 10. The number of ether oxygens (including phenoxy) is 3. The van der Waals surface area contributed by atoms with Gasteiger partial charge in [-0.1, -0.05) is 0 Å². The van der Waals surface area contributed by atoms with Gasteiger partial charge in [0.05, 0.1) is 13.2 Å². The molecule has 0 radical (unpaired) electrons. The monoisotopic (exact) mass is 312 g/mol. The van der Waals surface area contributed by atoms with Crippen molar-refractivity contribution in [2.75, 3.05) is 13.2 Å². The van der Waals surface area contributed by atoms with Gasteiger partial charge in [-0.05, 0) is 0 Å². The van der Waals surface area contributed by atoms with Crippen LogP contribution in [-0.4, -0.2) is 104 Å². The van der Waals surface area contributed by atoms with Gasteiger partial charge in [-0.3, -0.25) is 0 Å². The lowest BCUT2D eigenvalue weighted by Gasteiger charge is -2.43. The summed E-state index contributed by atoms with van der Waals surface area (Å²) in [7, 11) is 0. The Bertz CT molecular complexity index is 339. The Morgan fingerprint density at radius 3 is 2.14 bits per heavy atom. The molecule has 0 unspecified atom stereocenters. The molecule has 2 saturated heterocycles. The van der Waals surface area contributed by atoms with Gasteiger partial charge in [-0.15, -0.1) is 0 Å². The van der Waals surface area contributed by atoms with Crippen LogP contribution >= 0.6 is 0 Å². The number of hydrogen-bond donors (Lipinski definition) is 7. The van der Waals surface area contributed by atoms with Gasteiger partial charge >= 0.3 is 0 Å². The maximum Gasteiger partial charge on any atom is 0.187 e. The van der Waals surface area contributed by atoms with Crippen molar-refractivity contribution in [1.82, 2.24) is 0 Å². The molecular weight excluding hydrogens is 292 g/mol. The van der Waals surface area contributed by atoms with E-state index < -0.39 is 61.9 Å². The second-order valence-electron chi connectivity index (χ2n) is 5.08. The molecule has 0 amide bonds. The SMILES string of the molecule is OC[C@H]1O[C@H](O[C@@H]2CO[C@H](O)[C@H](O)[C@H]2O)[C@H](O)[C@@H](O)[C@@H]1O. The summed E-state index contributed by atoms with van der Waals surface area (Å²) in [5.74, 6) is 0. The van der Waals surface area contributed by atoms with Gasteiger partial charge in [0.25, 0.3) is 0 Å². The fraction of sp³-hybridized carbons (Fsp3) is 1.00. The molecular formula is C11H20O10. The van der Waals surface area contributed by atoms with E-state index in [2.05, 4.69) is 0 Å². The van der Waals surface area contributed by atoms with E-state index in [0.29, 0.717) is 0 Å². The summed E-state index contributed by atoms with van der Waals surface area (Å²) < 4.78 is 15.1. The molecule has 21 heavy (non-hydrogen) atoms. The molecule has 10 heteroatoms. The van der Waals surface area contributed by atoms with Crippen molar-refractivity contribution in [2.24, 2.45) is 0 Å². The van der Waals surface area contributed by atoms with Crippen molar-refractivity contribution in [3.63, 3.8) is 0 Å². The average Bonchev–Trinajstić information content (AvgIpc) is 2.48. The first kappa shape index (κ1) is 17.0. The zero-order chi connectivity index (χ0) is 15.7. The summed E-state index contributed by atoms with van der Waals surface area (Å²) in [6.07, 6.45) is -13.2. The molecule has 0 bridgehead atoms. The van der Waals surface area contributed by atoms with Gasteiger partial charge in [0.2, 0.25) is 0 Å². The molecule has 0 aromatic rings. The Hall–Kier alpha value is -0.400. The molecule has 2 aliphatic rings. The van der Waals surface area contributed by atoms with Gasteiger partial charge in [0.1, 0.15) is 42.7 Å². The van der Waals surface area contributed by atoms with E-state index in [1.807, 2.05) is 0 Å². The third-order valence-electron chi connectivity index (χ3n) is 3.61. The Morgan fingerprint density at radius 2 is 1.52 bits per heavy atom. The number of rotatable bonds is 3. The molecule has 2 aliphatic heterocycles. The molecule has 2 rings (SSSR count).